The maximum atomic E-state index is 3.92. The van der Waals surface area contributed by atoms with Gasteiger partial charge in [-0.2, -0.15) is 0 Å². The first-order valence-electron chi connectivity index (χ1n) is 29.9. The summed E-state index contributed by atoms with van der Waals surface area (Å²) in [6.45, 7) is 14.8. The highest BCUT2D eigenvalue weighted by Gasteiger charge is 2.08. The quantitative estimate of drug-likeness (QED) is 0.0422. The third kappa shape index (κ3) is 61.8. The van der Waals surface area contributed by atoms with Crippen LogP contribution in [0.5, 0.6) is 0 Å². The van der Waals surface area contributed by atoms with Crippen LogP contribution in [0.15, 0.2) is 0 Å². The van der Waals surface area contributed by atoms with Crippen molar-refractivity contribution in [1.29, 1.82) is 0 Å². The molecule has 0 radical (unpaired) electrons. The largest absolute Gasteiger partial charge is 0.314 e. The molecule has 1 rings (SSSR count). The highest BCUT2D eigenvalue weighted by molar-refractivity contribution is 4.68. The predicted octanol–water partition coefficient (Wildman–Crippen LogP) is 19.0. The molecule has 0 amide bonds. The molecule has 0 atom stereocenters. The molecule has 0 aliphatic heterocycles. The first-order chi connectivity index (χ1) is 31.2. The van der Waals surface area contributed by atoms with Gasteiger partial charge in [0.1, 0.15) is 0 Å². The molecule has 0 aromatic carbocycles. The zero-order valence-electron chi connectivity index (χ0n) is 45.3. The van der Waals surface area contributed by atoms with E-state index in [0.29, 0.717) is 0 Å². The van der Waals surface area contributed by atoms with E-state index in [1.54, 1.807) is 0 Å². The van der Waals surface area contributed by atoms with E-state index in [-0.39, 0.29) is 0 Å². The molecule has 1 aliphatic carbocycles. The van der Waals surface area contributed by atoms with Crippen LogP contribution in [-0.4, -0.2) is 57.9 Å². The van der Waals surface area contributed by atoms with Crippen LogP contribution in [0.25, 0.3) is 0 Å². The molecule has 0 bridgehead atoms. The summed E-state index contributed by atoms with van der Waals surface area (Å²) in [5, 5.41) is 9.97. The number of hydrogen-bond donors (Lipinski definition) is 3. The van der Waals surface area contributed by atoms with Crippen molar-refractivity contribution in [3.05, 3.63) is 0 Å². The van der Waals surface area contributed by atoms with Gasteiger partial charge in [0, 0.05) is 12.7 Å². The van der Waals surface area contributed by atoms with Gasteiger partial charge in [-0.05, 0) is 72.4 Å². The number of rotatable bonds is 42. The summed E-state index contributed by atoms with van der Waals surface area (Å²) in [4.78, 5) is 2.57. The van der Waals surface area contributed by atoms with Crippen molar-refractivity contribution >= 4 is 0 Å². The maximum Gasteiger partial charge on any atom is 0.0451 e. The fourth-order valence-corrected chi connectivity index (χ4v) is 9.45. The number of nitrogens with zero attached hydrogens (tertiary/aromatic N) is 1. The first-order valence-corrected chi connectivity index (χ1v) is 29.9. The van der Waals surface area contributed by atoms with Gasteiger partial charge in [0.25, 0.3) is 0 Å². The number of unbranched alkanes of at least 4 members (excludes halogenated alkanes) is 32. The van der Waals surface area contributed by atoms with Gasteiger partial charge in [-0.1, -0.05) is 297 Å². The van der Waals surface area contributed by atoms with Crippen LogP contribution in [0.2, 0.25) is 0 Å². The molecular weight excluding hydrogens is 765 g/mol. The van der Waals surface area contributed by atoms with Crippen molar-refractivity contribution in [1.82, 2.24) is 20.9 Å². The molecule has 1 fully saturated rings. The monoisotopic (exact) mass is 891 g/mol. The summed E-state index contributed by atoms with van der Waals surface area (Å²) in [6.07, 6.45) is 68.4. The Morgan fingerprint density at radius 1 is 0.349 bits per heavy atom. The van der Waals surface area contributed by atoms with E-state index in [4.69, 9.17) is 0 Å². The van der Waals surface area contributed by atoms with Crippen molar-refractivity contribution in [3.63, 3.8) is 0 Å². The topological polar surface area (TPSA) is 39.3 Å². The van der Waals surface area contributed by atoms with Crippen LogP contribution < -0.4 is 16.0 Å². The number of nitrogens with one attached hydrogen (secondary N) is 3. The summed E-state index contributed by atoms with van der Waals surface area (Å²) < 4.78 is 0. The molecule has 4 nitrogen and oxygen atoms in total. The fourth-order valence-electron chi connectivity index (χ4n) is 9.45. The minimum Gasteiger partial charge on any atom is -0.314 e. The Bertz CT molecular complexity index is 727. The molecule has 1 aliphatic rings. The molecule has 382 valence electrons. The van der Waals surface area contributed by atoms with Gasteiger partial charge in [0.2, 0.25) is 0 Å². The van der Waals surface area contributed by atoms with E-state index in [2.05, 4.69) is 55.6 Å². The summed E-state index contributed by atoms with van der Waals surface area (Å²) >= 11 is 0. The lowest BCUT2D eigenvalue weighted by molar-refractivity contribution is 0.314. The molecule has 63 heavy (non-hydrogen) atoms. The average Bonchev–Trinajstić information content (AvgIpc) is 3.32. The Kier molecular flexibility index (Phi) is 63.7. The highest BCUT2D eigenvalue weighted by atomic mass is 15.1. The second-order valence-electron chi connectivity index (χ2n) is 20.5. The first kappa shape index (κ1) is 64.9. The summed E-state index contributed by atoms with van der Waals surface area (Å²) in [7, 11) is 4.25. The standard InChI is InChI=1S/C28H59N.C27H55N.C4H12N2/c1-4-6-8-10-12-14-16-18-20-22-24-26-28-29(3)27-25-23-21-19-17-15-13-11-9-7-5-2;1-2-3-4-5-6-7-8-11-14-17-20-23-26-28-27-24-21-18-15-12-9-10-13-16-19-22-25-27;1-3-6-4-5-2/h4-28H2,1-3H3;27-28H,2-26H2,1H3;5-6H,3-4H2,1-2H3. The second kappa shape index (κ2) is 61.8. The molecule has 1 saturated carbocycles. The van der Waals surface area contributed by atoms with Gasteiger partial charge in [0.05, 0.1) is 0 Å². The van der Waals surface area contributed by atoms with Crippen LogP contribution in [0.4, 0.5) is 0 Å². The van der Waals surface area contributed by atoms with Gasteiger partial charge >= 0.3 is 0 Å². The molecule has 0 saturated heterocycles. The highest BCUT2D eigenvalue weighted by Crippen LogP contribution is 2.18. The summed E-state index contributed by atoms with van der Waals surface area (Å²) in [5.41, 5.74) is 0. The van der Waals surface area contributed by atoms with Crippen molar-refractivity contribution in [2.24, 2.45) is 0 Å². The summed E-state index contributed by atoms with van der Waals surface area (Å²) in [5.74, 6) is 0. The zero-order valence-corrected chi connectivity index (χ0v) is 45.3. The van der Waals surface area contributed by atoms with Crippen LogP contribution >= 0.6 is 0 Å². The van der Waals surface area contributed by atoms with Gasteiger partial charge in [-0.15, -0.1) is 0 Å². The lowest BCUT2D eigenvalue weighted by Gasteiger charge is -2.19. The molecule has 0 heterocycles. The Morgan fingerprint density at radius 2 is 0.619 bits per heavy atom. The molecule has 3 N–H and O–H groups in total. The molecule has 0 unspecified atom stereocenters. The van der Waals surface area contributed by atoms with Crippen molar-refractivity contribution in [2.45, 2.75) is 336 Å². The van der Waals surface area contributed by atoms with E-state index in [1.807, 2.05) is 7.05 Å². The van der Waals surface area contributed by atoms with Crippen LogP contribution in [0, 0.1) is 0 Å². The molecule has 0 aromatic rings. The van der Waals surface area contributed by atoms with Gasteiger partial charge < -0.3 is 20.9 Å². The molecule has 0 aromatic heterocycles. The van der Waals surface area contributed by atoms with E-state index in [0.717, 1.165) is 19.3 Å². The minimum atomic E-state index is 0.813. The average molecular weight is 892 g/mol. The van der Waals surface area contributed by atoms with Crippen molar-refractivity contribution in [3.8, 4) is 0 Å². The van der Waals surface area contributed by atoms with E-state index < -0.39 is 0 Å². The third-order valence-corrected chi connectivity index (χ3v) is 13.9. The smallest absolute Gasteiger partial charge is 0.0451 e. The number of hydrogen-bond acceptors (Lipinski definition) is 4. The van der Waals surface area contributed by atoms with Gasteiger partial charge in [-0.25, -0.2) is 0 Å². The van der Waals surface area contributed by atoms with Crippen LogP contribution in [0.3, 0.4) is 0 Å². The Balaban J connectivity index is 0. The SMILES string of the molecule is CCCCCCCCCCCCCCN(C)CCCCCCCCCCCCC.CCCCCCCCCCCCCCNC1CCCCCCCCCCCC1.CCNCNC. The van der Waals surface area contributed by atoms with E-state index in [1.165, 1.54) is 321 Å². The third-order valence-electron chi connectivity index (χ3n) is 13.9. The molecule has 0 spiro atoms. The second-order valence-corrected chi connectivity index (χ2v) is 20.5. The van der Waals surface area contributed by atoms with Crippen LogP contribution in [0.1, 0.15) is 329 Å². The van der Waals surface area contributed by atoms with Crippen molar-refractivity contribution < 1.29 is 0 Å². The fraction of sp³-hybridized carbons (Fsp3) is 1.00. The Hall–Kier alpha value is -0.160. The minimum absolute atomic E-state index is 0.813. The summed E-state index contributed by atoms with van der Waals surface area (Å²) in [6, 6.07) is 0.813. The van der Waals surface area contributed by atoms with E-state index >= 15 is 0 Å². The lowest BCUT2D eigenvalue weighted by Crippen LogP contribution is -2.30. The lowest BCUT2D eigenvalue weighted by atomic mass is 10.0. The maximum absolute atomic E-state index is 3.92. The van der Waals surface area contributed by atoms with E-state index in [9.17, 15) is 0 Å². The molecular formula is C59H126N4. The van der Waals surface area contributed by atoms with Gasteiger partial charge in [0.15, 0.2) is 0 Å². The van der Waals surface area contributed by atoms with Crippen molar-refractivity contribution in [2.75, 3.05) is 46.9 Å². The normalized spacial score (nSPS) is 14.3. The Morgan fingerprint density at radius 3 is 0.889 bits per heavy atom. The van der Waals surface area contributed by atoms with Crippen LogP contribution in [-0.2, 0) is 0 Å². The predicted molar refractivity (Wildman–Crippen MR) is 291 cm³/mol. The molecule has 4 heteroatoms. The van der Waals surface area contributed by atoms with Gasteiger partial charge in [-0.3, -0.25) is 0 Å². The zero-order chi connectivity index (χ0) is 46.0. The Labute approximate surface area is 401 Å².